The molecule has 1 amide bonds. The first-order chi connectivity index (χ1) is 9.23. The van der Waals surface area contributed by atoms with Crippen molar-refractivity contribution in [3.63, 3.8) is 0 Å². The summed E-state index contributed by atoms with van der Waals surface area (Å²) in [5.41, 5.74) is 0.460. The molecule has 1 aliphatic carbocycles. The van der Waals surface area contributed by atoms with Crippen LogP contribution < -0.4 is 5.32 Å². The zero-order valence-corrected chi connectivity index (χ0v) is 13.9. The number of amides is 1. The minimum Gasteiger partial charge on any atom is -0.326 e. The maximum atomic E-state index is 12.3. The fourth-order valence-corrected chi connectivity index (χ4v) is 2.99. The van der Waals surface area contributed by atoms with Crippen molar-refractivity contribution in [2.45, 2.75) is 13.8 Å². The summed E-state index contributed by atoms with van der Waals surface area (Å²) in [6.45, 7) is 4.01. The molecule has 2 rings (SSSR count). The van der Waals surface area contributed by atoms with Crippen LogP contribution >= 0.6 is 46.4 Å². The van der Waals surface area contributed by atoms with E-state index in [1.807, 2.05) is 13.8 Å². The van der Waals surface area contributed by atoms with E-state index in [-0.39, 0.29) is 27.6 Å². The molecule has 6 heteroatoms. The van der Waals surface area contributed by atoms with E-state index >= 15 is 0 Å². The van der Waals surface area contributed by atoms with Gasteiger partial charge in [-0.25, -0.2) is 0 Å². The lowest BCUT2D eigenvalue weighted by molar-refractivity contribution is -0.118. The van der Waals surface area contributed by atoms with E-state index in [4.69, 9.17) is 46.4 Å². The predicted molar refractivity (Wildman–Crippen MR) is 85.6 cm³/mol. The Bertz CT molecular complexity index is 579. The van der Waals surface area contributed by atoms with Gasteiger partial charge in [-0.15, -0.1) is 0 Å². The summed E-state index contributed by atoms with van der Waals surface area (Å²) in [7, 11) is 0. The van der Waals surface area contributed by atoms with Crippen LogP contribution in [-0.4, -0.2) is 5.91 Å². The lowest BCUT2D eigenvalue weighted by Gasteiger charge is -2.07. The van der Waals surface area contributed by atoms with E-state index in [0.717, 1.165) is 0 Å². The van der Waals surface area contributed by atoms with Crippen molar-refractivity contribution < 1.29 is 4.79 Å². The maximum Gasteiger partial charge on any atom is 0.228 e. The van der Waals surface area contributed by atoms with Crippen LogP contribution in [0.15, 0.2) is 28.8 Å². The normalized spacial score (nSPS) is 23.1. The molecule has 1 saturated carbocycles. The van der Waals surface area contributed by atoms with Crippen LogP contribution in [0, 0.1) is 17.3 Å². The van der Waals surface area contributed by atoms with Gasteiger partial charge in [-0.05, 0) is 35.6 Å². The van der Waals surface area contributed by atoms with Gasteiger partial charge in [-0.2, -0.15) is 0 Å². The fraction of sp³-hybridized carbons (Fsp3) is 0.357. The number of benzene rings is 1. The number of rotatable bonds is 3. The molecule has 0 aromatic heterocycles. The van der Waals surface area contributed by atoms with Crippen LogP contribution in [-0.2, 0) is 4.79 Å². The quantitative estimate of drug-likeness (QED) is 0.761. The highest BCUT2D eigenvalue weighted by molar-refractivity contribution is 6.55. The topological polar surface area (TPSA) is 29.1 Å². The van der Waals surface area contributed by atoms with Crippen LogP contribution in [0.2, 0.25) is 10.0 Å². The lowest BCUT2D eigenvalue weighted by atomic mass is 10.1. The molecule has 1 aromatic rings. The van der Waals surface area contributed by atoms with Gasteiger partial charge in [0.1, 0.15) is 4.49 Å². The highest BCUT2D eigenvalue weighted by atomic mass is 35.5. The Kier molecular flexibility index (Phi) is 4.60. The predicted octanol–water partition coefficient (Wildman–Crippen LogP) is 5.52. The van der Waals surface area contributed by atoms with Gasteiger partial charge in [-0.3, -0.25) is 4.79 Å². The van der Waals surface area contributed by atoms with E-state index in [9.17, 15) is 4.79 Å². The van der Waals surface area contributed by atoms with Crippen LogP contribution in [0.1, 0.15) is 13.8 Å². The number of hydrogen-bond donors (Lipinski definition) is 1. The SMILES string of the molecule is CC1(C)[C@H](C=C(Cl)Cl)[C@H]1C(=O)Nc1ccc(Cl)c(Cl)c1. The molecular formula is C14H13Cl4NO. The monoisotopic (exact) mass is 351 g/mol. The highest BCUT2D eigenvalue weighted by Crippen LogP contribution is 2.60. The van der Waals surface area contributed by atoms with Crippen LogP contribution in [0.25, 0.3) is 0 Å². The van der Waals surface area contributed by atoms with E-state index in [2.05, 4.69) is 5.32 Å². The third-order valence-electron chi connectivity index (χ3n) is 3.69. The van der Waals surface area contributed by atoms with Gasteiger partial charge in [-0.1, -0.05) is 60.3 Å². The zero-order valence-electron chi connectivity index (χ0n) is 10.9. The van der Waals surface area contributed by atoms with Gasteiger partial charge in [0.05, 0.1) is 16.0 Å². The Hall–Kier alpha value is -0.410. The van der Waals surface area contributed by atoms with Gasteiger partial charge in [0.15, 0.2) is 0 Å². The summed E-state index contributed by atoms with van der Waals surface area (Å²) < 4.78 is 0.188. The number of carbonyl (C=O) groups is 1. The van der Waals surface area contributed by atoms with Crippen molar-refractivity contribution in [3.05, 3.63) is 38.8 Å². The van der Waals surface area contributed by atoms with Gasteiger partial charge in [0.25, 0.3) is 0 Å². The molecule has 20 heavy (non-hydrogen) atoms. The second kappa shape index (κ2) is 5.76. The maximum absolute atomic E-state index is 12.3. The Labute approximate surface area is 138 Å². The molecule has 0 bridgehead atoms. The number of allylic oxidation sites excluding steroid dienone is 1. The first-order valence-corrected chi connectivity index (χ1v) is 7.53. The summed E-state index contributed by atoms with van der Waals surface area (Å²) in [6.07, 6.45) is 1.71. The fourth-order valence-electron chi connectivity index (χ4n) is 2.42. The molecule has 1 N–H and O–H groups in total. The minimum atomic E-state index is -0.163. The van der Waals surface area contributed by atoms with Crippen molar-refractivity contribution in [2.75, 3.05) is 5.32 Å². The molecule has 0 radical (unpaired) electrons. The first kappa shape index (κ1) is 16.0. The van der Waals surface area contributed by atoms with E-state index in [1.165, 1.54) is 0 Å². The Morgan fingerprint density at radius 3 is 2.45 bits per heavy atom. The summed E-state index contributed by atoms with van der Waals surface area (Å²) >= 11 is 23.1. The molecule has 0 heterocycles. The van der Waals surface area contributed by atoms with Crippen molar-refractivity contribution in [2.24, 2.45) is 17.3 Å². The number of anilines is 1. The molecule has 0 saturated heterocycles. The van der Waals surface area contributed by atoms with Gasteiger partial charge >= 0.3 is 0 Å². The molecule has 108 valence electrons. The lowest BCUT2D eigenvalue weighted by Crippen LogP contribution is -2.16. The van der Waals surface area contributed by atoms with Crippen molar-refractivity contribution in [3.8, 4) is 0 Å². The van der Waals surface area contributed by atoms with Gasteiger partial charge in [0, 0.05) is 5.69 Å². The van der Waals surface area contributed by atoms with E-state index in [0.29, 0.717) is 15.7 Å². The Morgan fingerprint density at radius 2 is 1.90 bits per heavy atom. The minimum absolute atomic E-state index is 0.0373. The molecule has 1 aromatic carbocycles. The molecule has 0 aliphatic heterocycles. The highest BCUT2D eigenvalue weighted by Gasteiger charge is 2.60. The number of halogens is 4. The molecule has 2 nitrogen and oxygen atoms in total. The third-order valence-corrected chi connectivity index (χ3v) is 4.68. The number of nitrogens with one attached hydrogen (secondary N) is 1. The summed E-state index contributed by atoms with van der Waals surface area (Å²) in [5, 5.41) is 3.69. The standard InChI is InChI=1S/C14H13Cl4NO/c1-14(2)8(6-11(17)18)12(14)13(20)19-7-3-4-9(15)10(16)5-7/h3-6,8,12H,1-2H3,(H,19,20)/t8-,12+/m1/s1. The summed E-state index contributed by atoms with van der Waals surface area (Å²) in [6, 6.07) is 4.97. The van der Waals surface area contributed by atoms with Crippen molar-refractivity contribution in [1.29, 1.82) is 0 Å². The second-order valence-corrected chi connectivity index (χ2v) is 7.22. The average molecular weight is 353 g/mol. The van der Waals surface area contributed by atoms with Gasteiger partial charge in [0.2, 0.25) is 5.91 Å². The van der Waals surface area contributed by atoms with Crippen molar-refractivity contribution >= 4 is 58.0 Å². The van der Waals surface area contributed by atoms with Crippen LogP contribution in [0.5, 0.6) is 0 Å². The average Bonchev–Trinajstić information content (AvgIpc) is 2.84. The molecule has 0 unspecified atom stereocenters. The summed E-state index contributed by atoms with van der Waals surface area (Å²) in [4.78, 5) is 12.3. The molecule has 2 atom stereocenters. The summed E-state index contributed by atoms with van der Waals surface area (Å²) in [5.74, 6) is -0.205. The number of carbonyl (C=O) groups excluding carboxylic acids is 1. The van der Waals surface area contributed by atoms with E-state index in [1.54, 1.807) is 24.3 Å². The van der Waals surface area contributed by atoms with Crippen LogP contribution in [0.3, 0.4) is 0 Å². The van der Waals surface area contributed by atoms with Gasteiger partial charge < -0.3 is 5.32 Å². The second-order valence-electron chi connectivity index (χ2n) is 5.40. The first-order valence-electron chi connectivity index (χ1n) is 6.02. The Morgan fingerprint density at radius 1 is 1.25 bits per heavy atom. The van der Waals surface area contributed by atoms with Crippen LogP contribution in [0.4, 0.5) is 5.69 Å². The van der Waals surface area contributed by atoms with Crippen molar-refractivity contribution in [1.82, 2.24) is 0 Å². The number of hydrogen-bond acceptors (Lipinski definition) is 1. The zero-order chi connectivity index (χ0) is 15.1. The Balaban J connectivity index is 2.10. The molecule has 0 spiro atoms. The third kappa shape index (κ3) is 3.25. The molecule has 1 aliphatic rings. The smallest absolute Gasteiger partial charge is 0.228 e. The largest absolute Gasteiger partial charge is 0.326 e. The van der Waals surface area contributed by atoms with E-state index < -0.39 is 0 Å². The molecular weight excluding hydrogens is 340 g/mol. The molecule has 1 fully saturated rings.